The lowest BCUT2D eigenvalue weighted by Gasteiger charge is -2.35. The van der Waals surface area contributed by atoms with Crippen LogP contribution in [0.15, 0.2) is 36.5 Å². The average molecular weight is 383 g/mol. The van der Waals surface area contributed by atoms with E-state index in [1.165, 1.54) is 12.1 Å². The molecule has 1 atom stereocenters. The summed E-state index contributed by atoms with van der Waals surface area (Å²) >= 11 is 0. The van der Waals surface area contributed by atoms with Gasteiger partial charge in [0.15, 0.2) is 12.4 Å². The molecular weight excluding hydrogens is 361 g/mol. The molecule has 1 aromatic heterocycles. The second-order valence-corrected chi connectivity index (χ2v) is 7.21. The molecule has 1 saturated heterocycles. The van der Waals surface area contributed by atoms with E-state index in [2.05, 4.69) is 9.88 Å². The molecule has 0 saturated carbocycles. The van der Waals surface area contributed by atoms with Crippen LogP contribution in [0.3, 0.4) is 0 Å². The summed E-state index contributed by atoms with van der Waals surface area (Å²) < 4.78 is 19.7. The van der Waals surface area contributed by atoms with Crippen LogP contribution in [0.4, 0.5) is 10.2 Å². The Morgan fingerprint density at radius 3 is 2.71 bits per heavy atom. The Balaban J connectivity index is 1.37. The van der Waals surface area contributed by atoms with Crippen molar-refractivity contribution in [1.29, 1.82) is 0 Å². The number of halogens is 1. The smallest absolute Gasteiger partial charge is 0.260 e. The number of anilines is 1. The van der Waals surface area contributed by atoms with Gasteiger partial charge in [0.1, 0.15) is 17.4 Å². The standard InChI is InChI=1S/C21H22FN3O3/c1-14-12-16(26)21-17(6-5-15(22)20(14)21)28-13-19(27)25-10-8-24(9-11-25)18-4-2-3-7-23-18/h2-7,14H,8-13H2,1H3. The molecule has 2 aromatic rings. The van der Waals surface area contributed by atoms with Gasteiger partial charge in [0.05, 0.1) is 5.56 Å². The number of nitrogens with zero attached hydrogens (tertiary/aromatic N) is 3. The maximum atomic E-state index is 14.1. The Bertz CT molecular complexity index is 895. The number of piperazine rings is 1. The summed E-state index contributed by atoms with van der Waals surface area (Å²) in [4.78, 5) is 33.0. The number of hydrogen-bond donors (Lipinski definition) is 0. The van der Waals surface area contributed by atoms with Crippen molar-refractivity contribution in [2.45, 2.75) is 19.3 Å². The monoisotopic (exact) mass is 383 g/mol. The first-order chi connectivity index (χ1) is 13.5. The maximum Gasteiger partial charge on any atom is 0.260 e. The fraction of sp³-hybridized carbons (Fsp3) is 0.381. The molecule has 2 aliphatic rings. The lowest BCUT2D eigenvalue weighted by Crippen LogP contribution is -2.50. The van der Waals surface area contributed by atoms with Crippen LogP contribution in [0.25, 0.3) is 0 Å². The second-order valence-electron chi connectivity index (χ2n) is 7.21. The Hall–Kier alpha value is -2.96. The van der Waals surface area contributed by atoms with Crippen molar-refractivity contribution in [3.63, 3.8) is 0 Å². The molecule has 0 N–H and O–H groups in total. The first kappa shape index (κ1) is 18.4. The predicted octanol–water partition coefficient (Wildman–Crippen LogP) is 2.64. The summed E-state index contributed by atoms with van der Waals surface area (Å²) in [6, 6.07) is 8.51. The zero-order chi connectivity index (χ0) is 19.7. The number of pyridine rings is 1. The molecule has 0 bridgehead atoms. The van der Waals surface area contributed by atoms with E-state index < -0.39 is 5.82 Å². The van der Waals surface area contributed by atoms with Crippen LogP contribution in [-0.4, -0.2) is 54.4 Å². The topological polar surface area (TPSA) is 62.7 Å². The zero-order valence-corrected chi connectivity index (χ0v) is 15.7. The van der Waals surface area contributed by atoms with Crippen LogP contribution in [0, 0.1) is 5.82 Å². The van der Waals surface area contributed by atoms with Crippen LogP contribution in [0.1, 0.15) is 35.2 Å². The first-order valence-electron chi connectivity index (χ1n) is 9.46. The highest BCUT2D eigenvalue weighted by molar-refractivity contribution is 6.03. The normalized spacial score (nSPS) is 18.9. The number of fused-ring (bicyclic) bond motifs is 1. The highest BCUT2D eigenvalue weighted by atomic mass is 19.1. The minimum absolute atomic E-state index is 0.131. The minimum Gasteiger partial charge on any atom is -0.483 e. The number of ether oxygens (including phenoxy) is 1. The molecule has 0 spiro atoms. The molecule has 1 aliphatic heterocycles. The summed E-state index contributed by atoms with van der Waals surface area (Å²) in [6.07, 6.45) is 2.03. The molecule has 7 heteroatoms. The lowest BCUT2D eigenvalue weighted by atomic mass is 10.0. The van der Waals surface area contributed by atoms with E-state index in [-0.39, 0.29) is 30.6 Å². The van der Waals surface area contributed by atoms with Crippen molar-refractivity contribution in [1.82, 2.24) is 9.88 Å². The number of hydrogen-bond acceptors (Lipinski definition) is 5. The SMILES string of the molecule is CC1CC(=O)c2c(OCC(=O)N3CCN(c4ccccn4)CC3)ccc(F)c21. The number of carbonyl (C=O) groups is 2. The molecule has 2 heterocycles. The van der Waals surface area contributed by atoms with Gasteiger partial charge in [-0.3, -0.25) is 9.59 Å². The Morgan fingerprint density at radius 2 is 2.00 bits per heavy atom. The van der Waals surface area contributed by atoms with Crippen LogP contribution in [0.5, 0.6) is 5.75 Å². The third kappa shape index (κ3) is 3.44. The predicted molar refractivity (Wildman–Crippen MR) is 102 cm³/mol. The molecule has 0 radical (unpaired) electrons. The van der Waals surface area contributed by atoms with Crippen molar-refractivity contribution in [3.05, 3.63) is 53.5 Å². The van der Waals surface area contributed by atoms with Crippen LogP contribution < -0.4 is 9.64 Å². The van der Waals surface area contributed by atoms with Crippen molar-refractivity contribution in [2.75, 3.05) is 37.7 Å². The van der Waals surface area contributed by atoms with E-state index >= 15 is 0 Å². The fourth-order valence-electron chi connectivity index (χ4n) is 3.90. The summed E-state index contributed by atoms with van der Waals surface area (Å²) in [5, 5.41) is 0. The minimum atomic E-state index is -0.391. The molecule has 1 fully saturated rings. The van der Waals surface area contributed by atoms with E-state index in [1.807, 2.05) is 25.1 Å². The molecular formula is C21H22FN3O3. The number of carbonyl (C=O) groups excluding carboxylic acids is 2. The van der Waals surface area contributed by atoms with E-state index in [9.17, 15) is 14.0 Å². The van der Waals surface area contributed by atoms with Gasteiger partial charge in [0, 0.05) is 44.4 Å². The van der Waals surface area contributed by atoms with Crippen LogP contribution in [0.2, 0.25) is 0 Å². The van der Waals surface area contributed by atoms with Gasteiger partial charge in [-0.1, -0.05) is 13.0 Å². The van der Waals surface area contributed by atoms with Crippen LogP contribution >= 0.6 is 0 Å². The third-order valence-electron chi connectivity index (χ3n) is 5.37. The van der Waals surface area contributed by atoms with E-state index in [4.69, 9.17) is 4.74 Å². The zero-order valence-electron chi connectivity index (χ0n) is 15.7. The second kappa shape index (κ2) is 7.58. The van der Waals surface area contributed by atoms with E-state index in [0.29, 0.717) is 43.1 Å². The van der Waals surface area contributed by atoms with Crippen molar-refractivity contribution < 1.29 is 18.7 Å². The summed E-state index contributed by atoms with van der Waals surface area (Å²) in [6.45, 7) is 4.22. The third-order valence-corrected chi connectivity index (χ3v) is 5.37. The van der Waals surface area contributed by atoms with Gasteiger partial charge >= 0.3 is 0 Å². The molecule has 6 nitrogen and oxygen atoms in total. The Labute approximate surface area is 162 Å². The molecule has 1 amide bonds. The summed E-state index contributed by atoms with van der Waals surface area (Å²) in [7, 11) is 0. The maximum absolute atomic E-state index is 14.1. The number of ketones is 1. The largest absolute Gasteiger partial charge is 0.483 e. The van der Waals surface area contributed by atoms with Gasteiger partial charge in [-0.2, -0.15) is 0 Å². The first-order valence-corrected chi connectivity index (χ1v) is 9.46. The highest BCUT2D eigenvalue weighted by Gasteiger charge is 2.33. The number of rotatable bonds is 4. The van der Waals surface area contributed by atoms with Gasteiger partial charge in [-0.15, -0.1) is 0 Å². The average Bonchev–Trinajstić information content (AvgIpc) is 3.03. The van der Waals surface area contributed by atoms with Gasteiger partial charge in [-0.05, 0) is 30.2 Å². The van der Waals surface area contributed by atoms with Gasteiger partial charge in [-0.25, -0.2) is 9.37 Å². The molecule has 1 aliphatic carbocycles. The molecule has 4 rings (SSSR count). The van der Waals surface area contributed by atoms with Crippen molar-refractivity contribution >= 4 is 17.5 Å². The lowest BCUT2D eigenvalue weighted by molar-refractivity contribution is -0.133. The molecule has 146 valence electrons. The number of Topliss-reactive ketones (excluding diaryl/α,β-unsaturated/α-hetero) is 1. The van der Waals surface area contributed by atoms with E-state index in [0.717, 1.165) is 5.82 Å². The van der Waals surface area contributed by atoms with Gasteiger partial charge in [0.2, 0.25) is 0 Å². The fourth-order valence-corrected chi connectivity index (χ4v) is 3.90. The van der Waals surface area contributed by atoms with Gasteiger partial charge < -0.3 is 14.5 Å². The Morgan fingerprint density at radius 1 is 1.21 bits per heavy atom. The van der Waals surface area contributed by atoms with Gasteiger partial charge in [0.25, 0.3) is 5.91 Å². The van der Waals surface area contributed by atoms with Crippen LogP contribution in [-0.2, 0) is 4.79 Å². The molecule has 1 unspecified atom stereocenters. The number of aromatic nitrogens is 1. The highest BCUT2D eigenvalue weighted by Crippen LogP contribution is 2.39. The summed E-state index contributed by atoms with van der Waals surface area (Å²) in [5.74, 6) is 0.372. The Kier molecular flexibility index (Phi) is 4.98. The number of benzene rings is 1. The quantitative estimate of drug-likeness (QED) is 0.812. The number of amides is 1. The van der Waals surface area contributed by atoms with Crippen molar-refractivity contribution in [2.24, 2.45) is 0 Å². The summed E-state index contributed by atoms with van der Waals surface area (Å²) in [5.41, 5.74) is 0.694. The van der Waals surface area contributed by atoms with Crippen molar-refractivity contribution in [3.8, 4) is 5.75 Å². The van der Waals surface area contributed by atoms with E-state index in [1.54, 1.807) is 11.1 Å². The molecule has 28 heavy (non-hydrogen) atoms. The molecule has 1 aromatic carbocycles.